The maximum atomic E-state index is 10.6. The van der Waals surface area contributed by atoms with Crippen LogP contribution < -0.4 is 0 Å². The number of hydrogen-bond acceptors (Lipinski definition) is 11. The van der Waals surface area contributed by atoms with Crippen LogP contribution in [0.5, 0.6) is 0 Å². The Morgan fingerprint density at radius 2 is 0.725 bits per heavy atom. The van der Waals surface area contributed by atoms with Gasteiger partial charge in [0.25, 0.3) is 0 Å². The van der Waals surface area contributed by atoms with Crippen molar-refractivity contribution in [2.45, 2.75) is 65.2 Å². The molecule has 0 saturated heterocycles. The number of ether oxygens (including phenoxy) is 8. The zero-order valence-corrected chi connectivity index (χ0v) is 29.5. The van der Waals surface area contributed by atoms with E-state index in [1.165, 1.54) is 6.92 Å². The Morgan fingerprint density at radius 3 is 1.00 bits per heavy atom. The van der Waals surface area contributed by atoms with E-state index in [1.54, 1.807) is 0 Å². The van der Waals surface area contributed by atoms with Crippen LogP contribution in [0.2, 0.25) is 51.9 Å². The van der Waals surface area contributed by atoms with Gasteiger partial charge in [0.05, 0.1) is 85.9 Å². The van der Waals surface area contributed by atoms with E-state index in [-0.39, 0.29) is 12.6 Å². The Balaban J connectivity index is 3.41. The van der Waals surface area contributed by atoms with Crippen molar-refractivity contribution >= 4 is 31.2 Å². The van der Waals surface area contributed by atoms with E-state index in [0.717, 1.165) is 12.5 Å². The molecule has 0 saturated carbocycles. The molecule has 14 heteroatoms. The van der Waals surface area contributed by atoms with Gasteiger partial charge in [0.1, 0.15) is 6.61 Å². The molecule has 0 aliphatic rings. The van der Waals surface area contributed by atoms with Gasteiger partial charge < -0.3 is 46.1 Å². The first-order valence-corrected chi connectivity index (χ1v) is 23.7. The molecule has 0 N–H and O–H groups in total. The van der Waals surface area contributed by atoms with Gasteiger partial charge in [-0.3, -0.25) is 4.79 Å². The zero-order valence-electron chi connectivity index (χ0n) is 26.5. The summed E-state index contributed by atoms with van der Waals surface area (Å²) in [5.74, 6) is -0.306. The van der Waals surface area contributed by atoms with Gasteiger partial charge in [0.15, 0.2) is 16.6 Å². The van der Waals surface area contributed by atoms with Crippen LogP contribution in [0.1, 0.15) is 13.3 Å². The Kier molecular flexibility index (Phi) is 24.1. The molecule has 0 heterocycles. The van der Waals surface area contributed by atoms with Crippen molar-refractivity contribution in [1.29, 1.82) is 0 Å². The molecule has 0 aliphatic heterocycles. The van der Waals surface area contributed by atoms with E-state index >= 15 is 0 Å². The fourth-order valence-corrected chi connectivity index (χ4v) is 16.1. The molecule has 0 amide bonds. The molecule has 0 radical (unpaired) electrons. The van der Waals surface area contributed by atoms with Gasteiger partial charge in [-0.1, -0.05) is 0 Å². The summed E-state index contributed by atoms with van der Waals surface area (Å²) in [4.78, 5) is 10.6. The smallest absolute Gasteiger partial charge is 0.314 e. The van der Waals surface area contributed by atoms with Gasteiger partial charge >= 0.3 is 14.5 Å². The van der Waals surface area contributed by atoms with Crippen LogP contribution in [0.3, 0.4) is 0 Å². The number of hydrogen-bond donors (Lipinski definition) is 0. The van der Waals surface area contributed by atoms with E-state index in [4.69, 9.17) is 46.1 Å². The summed E-state index contributed by atoms with van der Waals surface area (Å²) in [5, 5.41) is 0. The van der Waals surface area contributed by atoms with E-state index in [1.807, 2.05) is 0 Å². The van der Waals surface area contributed by atoms with Crippen LogP contribution in [-0.2, 0) is 50.9 Å². The molecule has 0 aromatic carbocycles. The second-order valence-electron chi connectivity index (χ2n) is 11.3. The lowest BCUT2D eigenvalue weighted by atomic mass is 10.5. The maximum Gasteiger partial charge on any atom is 0.314 e. The minimum atomic E-state index is -2.18. The summed E-state index contributed by atoms with van der Waals surface area (Å²) in [7, 11) is -5.50. The molecular formula is C26H58O11Si3. The van der Waals surface area contributed by atoms with Crippen LogP contribution >= 0.6 is 0 Å². The van der Waals surface area contributed by atoms with Crippen LogP contribution in [0.15, 0.2) is 0 Å². The standard InChI is InChI=1S/C26H58O11Si3/c1-26(27)35-24-23-34-22-21-33-20-19-32-18-17-31-16-15-30-14-13-29-12-11-28-10-9-25-40(8,36-38(2,3)4)37-39(5,6)7/h9-25H2,1-8H3. The molecule has 0 aromatic rings. The topological polar surface area (TPSA) is 109 Å². The number of rotatable bonds is 29. The van der Waals surface area contributed by atoms with Gasteiger partial charge in [0.2, 0.25) is 0 Å². The largest absolute Gasteiger partial charge is 0.463 e. The summed E-state index contributed by atoms with van der Waals surface area (Å²) in [5.41, 5.74) is 0. The van der Waals surface area contributed by atoms with Crippen LogP contribution in [-0.4, -0.2) is 130 Å². The highest BCUT2D eigenvalue weighted by atomic mass is 28.5. The molecule has 0 aromatic heterocycles. The van der Waals surface area contributed by atoms with Crippen molar-refractivity contribution in [2.24, 2.45) is 0 Å². The van der Waals surface area contributed by atoms with Crippen molar-refractivity contribution in [3.8, 4) is 0 Å². The average molecular weight is 631 g/mol. The Morgan fingerprint density at radius 1 is 0.450 bits per heavy atom. The van der Waals surface area contributed by atoms with Crippen molar-refractivity contribution in [1.82, 2.24) is 0 Å². The van der Waals surface area contributed by atoms with Crippen LogP contribution in [0.25, 0.3) is 0 Å². The first-order valence-electron chi connectivity index (χ1n) is 14.4. The van der Waals surface area contributed by atoms with Gasteiger partial charge in [-0.2, -0.15) is 0 Å². The normalized spacial score (nSPS) is 12.7. The minimum Gasteiger partial charge on any atom is -0.463 e. The second kappa shape index (κ2) is 24.2. The Hall–Kier alpha value is -0.239. The third-order valence-corrected chi connectivity index (χ3v) is 14.3. The molecule has 0 aliphatic carbocycles. The molecule has 0 spiro atoms. The van der Waals surface area contributed by atoms with Gasteiger partial charge in [-0.05, 0) is 58.3 Å². The number of carbonyl (C=O) groups is 1. The highest BCUT2D eigenvalue weighted by Crippen LogP contribution is 2.25. The minimum absolute atomic E-state index is 0.264. The first kappa shape index (κ1) is 39.8. The van der Waals surface area contributed by atoms with Gasteiger partial charge in [-0.25, -0.2) is 0 Å². The molecule has 240 valence electrons. The van der Waals surface area contributed by atoms with Crippen molar-refractivity contribution in [3.05, 3.63) is 0 Å². The van der Waals surface area contributed by atoms with E-state index in [9.17, 15) is 4.79 Å². The quantitative estimate of drug-likeness (QED) is 0.0683. The molecule has 0 fully saturated rings. The van der Waals surface area contributed by atoms with Crippen LogP contribution in [0.4, 0.5) is 0 Å². The van der Waals surface area contributed by atoms with Gasteiger partial charge in [-0.15, -0.1) is 0 Å². The van der Waals surface area contributed by atoms with E-state index < -0.39 is 25.2 Å². The zero-order chi connectivity index (χ0) is 30.2. The summed E-state index contributed by atoms with van der Waals surface area (Å²) >= 11 is 0. The van der Waals surface area contributed by atoms with Crippen molar-refractivity contribution < 1.29 is 50.9 Å². The van der Waals surface area contributed by atoms with Gasteiger partial charge in [0, 0.05) is 13.5 Å². The third-order valence-electron chi connectivity index (χ3n) is 4.73. The molecule has 40 heavy (non-hydrogen) atoms. The van der Waals surface area contributed by atoms with Crippen LogP contribution in [0, 0.1) is 0 Å². The number of carbonyl (C=O) groups excluding carboxylic acids is 1. The third kappa shape index (κ3) is 30.7. The van der Waals surface area contributed by atoms with Crippen molar-refractivity contribution in [2.75, 3.05) is 99.1 Å². The first-order chi connectivity index (χ1) is 18.8. The highest BCUT2D eigenvalue weighted by Gasteiger charge is 2.39. The lowest BCUT2D eigenvalue weighted by Gasteiger charge is -2.38. The summed E-state index contributed by atoms with van der Waals surface area (Å²) in [6.07, 6.45) is 0.941. The predicted molar refractivity (Wildman–Crippen MR) is 162 cm³/mol. The Bertz CT molecular complexity index is 585. The fourth-order valence-electron chi connectivity index (χ4n) is 3.58. The summed E-state index contributed by atoms with van der Waals surface area (Å²) < 4.78 is 56.2. The summed E-state index contributed by atoms with van der Waals surface area (Å²) in [6.45, 7) is 24.4. The SMILES string of the molecule is CC(=O)OCCOCCOCCOCCOCCOCCOCCOCCC[Si](C)(O[Si](C)(C)C)O[Si](C)(C)C. The molecule has 0 unspecified atom stereocenters. The summed E-state index contributed by atoms with van der Waals surface area (Å²) in [6, 6.07) is 0.955. The van der Waals surface area contributed by atoms with E-state index in [0.29, 0.717) is 92.5 Å². The Labute approximate surface area is 246 Å². The lowest BCUT2D eigenvalue weighted by molar-refractivity contribution is -0.142. The highest BCUT2D eigenvalue weighted by molar-refractivity contribution is 6.87. The monoisotopic (exact) mass is 630 g/mol. The lowest BCUT2D eigenvalue weighted by Crippen LogP contribution is -2.52. The molecule has 0 rings (SSSR count). The molecular weight excluding hydrogens is 573 g/mol. The molecule has 11 nitrogen and oxygen atoms in total. The molecule has 0 bridgehead atoms. The maximum absolute atomic E-state index is 10.6. The van der Waals surface area contributed by atoms with Crippen molar-refractivity contribution in [3.63, 3.8) is 0 Å². The number of esters is 1. The fraction of sp³-hybridized carbons (Fsp3) is 0.962. The average Bonchev–Trinajstić information content (AvgIpc) is 2.81. The second-order valence-corrected chi connectivity index (χ2v) is 24.1. The van der Waals surface area contributed by atoms with E-state index in [2.05, 4.69) is 45.8 Å². The molecule has 0 atom stereocenters. The predicted octanol–water partition coefficient (Wildman–Crippen LogP) is 3.83.